The number of Topliss-reactive ketones (excluding diaryl/α,β-unsaturated/α-hetero) is 1. The molecule has 0 saturated carbocycles. The van der Waals surface area contributed by atoms with E-state index in [1.165, 1.54) is 6.92 Å². The van der Waals surface area contributed by atoms with Crippen LogP contribution < -0.4 is 10.6 Å². The second-order valence-electron chi connectivity index (χ2n) is 5.38. The second-order valence-corrected chi connectivity index (χ2v) is 5.38. The van der Waals surface area contributed by atoms with Gasteiger partial charge in [0.15, 0.2) is 5.78 Å². The lowest BCUT2D eigenvalue weighted by atomic mass is 10.1. The molecule has 5 heteroatoms. The summed E-state index contributed by atoms with van der Waals surface area (Å²) >= 11 is 0. The van der Waals surface area contributed by atoms with Crippen molar-refractivity contribution >= 4 is 17.4 Å². The van der Waals surface area contributed by atoms with Gasteiger partial charge in [0.05, 0.1) is 11.3 Å². The lowest BCUT2D eigenvalue weighted by Crippen LogP contribution is -2.18. The van der Waals surface area contributed by atoms with Gasteiger partial charge in [-0.25, -0.2) is 0 Å². The number of ketones is 1. The monoisotopic (exact) mass is 321 g/mol. The molecule has 0 aliphatic rings. The Kier molecular flexibility index (Phi) is 5.69. The number of rotatable bonds is 6. The largest absolute Gasteiger partial charge is 0.384 e. The van der Waals surface area contributed by atoms with E-state index >= 15 is 0 Å². The molecule has 0 unspecified atom stereocenters. The highest BCUT2D eigenvalue weighted by Gasteiger charge is 2.07. The van der Waals surface area contributed by atoms with E-state index in [2.05, 4.69) is 16.7 Å². The van der Waals surface area contributed by atoms with Gasteiger partial charge in [-0.3, -0.25) is 9.59 Å². The van der Waals surface area contributed by atoms with Crippen molar-refractivity contribution in [1.29, 1.82) is 5.26 Å². The van der Waals surface area contributed by atoms with Gasteiger partial charge in [-0.1, -0.05) is 12.1 Å². The summed E-state index contributed by atoms with van der Waals surface area (Å²) in [7, 11) is 1.60. The molecule has 2 N–H and O–H groups in total. The first-order valence-electron chi connectivity index (χ1n) is 7.65. The summed E-state index contributed by atoms with van der Waals surface area (Å²) in [5.41, 5.74) is 3.35. The minimum absolute atomic E-state index is 0.0409. The van der Waals surface area contributed by atoms with Crippen LogP contribution in [0.4, 0.5) is 5.69 Å². The average molecular weight is 321 g/mol. The number of nitrogens with one attached hydrogen (secondary N) is 2. The number of hydrogen-bond donors (Lipinski definition) is 2. The summed E-state index contributed by atoms with van der Waals surface area (Å²) in [6.45, 7) is 2.09. The number of amides is 1. The molecule has 24 heavy (non-hydrogen) atoms. The van der Waals surface area contributed by atoms with E-state index in [0.29, 0.717) is 35.3 Å². The normalized spacial score (nSPS) is 9.88. The summed E-state index contributed by atoms with van der Waals surface area (Å²) in [5.74, 6) is -0.161. The zero-order valence-corrected chi connectivity index (χ0v) is 13.7. The fourth-order valence-corrected chi connectivity index (χ4v) is 2.36. The average Bonchev–Trinajstić information content (AvgIpc) is 2.61. The van der Waals surface area contributed by atoms with Gasteiger partial charge in [-0.05, 0) is 49.2 Å². The van der Waals surface area contributed by atoms with Crippen LogP contribution in [0.25, 0.3) is 0 Å². The standard InChI is InChI=1S/C19H19N3O2/c1-13(23)15-6-7-17(12-20)18(11-15)22-9-8-14-4-3-5-16(10-14)19(24)21-2/h3-7,10-11,22H,8-9H2,1-2H3,(H,21,24). The molecule has 2 aromatic rings. The smallest absolute Gasteiger partial charge is 0.251 e. The van der Waals surface area contributed by atoms with Crippen LogP contribution in [0.2, 0.25) is 0 Å². The lowest BCUT2D eigenvalue weighted by Gasteiger charge is -2.10. The van der Waals surface area contributed by atoms with E-state index in [1.54, 1.807) is 31.3 Å². The van der Waals surface area contributed by atoms with Crippen molar-refractivity contribution in [2.45, 2.75) is 13.3 Å². The van der Waals surface area contributed by atoms with Crippen molar-refractivity contribution < 1.29 is 9.59 Å². The molecule has 2 aromatic carbocycles. The Morgan fingerprint density at radius 3 is 2.58 bits per heavy atom. The quantitative estimate of drug-likeness (QED) is 0.802. The first kappa shape index (κ1) is 17.2. The lowest BCUT2D eigenvalue weighted by molar-refractivity contribution is 0.0961. The number of anilines is 1. The van der Waals surface area contributed by atoms with Crippen molar-refractivity contribution in [3.05, 3.63) is 64.7 Å². The third-order valence-electron chi connectivity index (χ3n) is 3.69. The van der Waals surface area contributed by atoms with Crippen molar-refractivity contribution in [3.8, 4) is 6.07 Å². The fourth-order valence-electron chi connectivity index (χ4n) is 2.36. The molecule has 0 aliphatic heterocycles. The highest BCUT2D eigenvalue weighted by Crippen LogP contribution is 2.18. The van der Waals surface area contributed by atoms with E-state index in [-0.39, 0.29) is 11.7 Å². The molecule has 0 saturated heterocycles. The van der Waals surface area contributed by atoms with Crippen LogP contribution in [-0.2, 0) is 6.42 Å². The first-order valence-corrected chi connectivity index (χ1v) is 7.65. The van der Waals surface area contributed by atoms with Crippen LogP contribution in [0, 0.1) is 11.3 Å². The van der Waals surface area contributed by atoms with Gasteiger partial charge >= 0.3 is 0 Å². The minimum Gasteiger partial charge on any atom is -0.384 e. The summed E-state index contributed by atoms with van der Waals surface area (Å²) < 4.78 is 0. The number of carbonyl (C=O) groups excluding carboxylic acids is 2. The molecule has 0 radical (unpaired) electrons. The fraction of sp³-hybridized carbons (Fsp3) is 0.211. The molecule has 0 aliphatic carbocycles. The molecule has 2 rings (SSSR count). The van der Waals surface area contributed by atoms with E-state index in [1.807, 2.05) is 18.2 Å². The van der Waals surface area contributed by atoms with Crippen LogP contribution in [0.5, 0.6) is 0 Å². The maximum atomic E-state index is 11.7. The van der Waals surface area contributed by atoms with Gasteiger partial charge < -0.3 is 10.6 Å². The van der Waals surface area contributed by atoms with Crippen LogP contribution >= 0.6 is 0 Å². The van der Waals surface area contributed by atoms with Gasteiger partial charge in [0, 0.05) is 24.7 Å². The minimum atomic E-state index is -0.120. The van der Waals surface area contributed by atoms with Crippen molar-refractivity contribution in [1.82, 2.24) is 5.32 Å². The summed E-state index contributed by atoms with van der Waals surface area (Å²) in [4.78, 5) is 23.1. The zero-order chi connectivity index (χ0) is 17.5. The molecule has 5 nitrogen and oxygen atoms in total. The van der Waals surface area contributed by atoms with Crippen molar-refractivity contribution in [3.63, 3.8) is 0 Å². The Bertz CT molecular complexity index is 806. The molecule has 1 amide bonds. The number of nitrogens with zero attached hydrogens (tertiary/aromatic N) is 1. The number of hydrogen-bond acceptors (Lipinski definition) is 4. The summed E-state index contributed by atoms with van der Waals surface area (Å²) in [6.07, 6.45) is 0.694. The molecule has 0 spiro atoms. The predicted octanol–water partition coefficient (Wildman–Crippen LogP) is 2.78. The van der Waals surface area contributed by atoms with Gasteiger partial charge in [-0.2, -0.15) is 5.26 Å². The van der Waals surface area contributed by atoms with E-state index < -0.39 is 0 Å². The Hall–Kier alpha value is -3.13. The van der Waals surface area contributed by atoms with Gasteiger partial charge in [0.2, 0.25) is 0 Å². The Balaban J connectivity index is 2.07. The second kappa shape index (κ2) is 7.93. The van der Waals surface area contributed by atoms with Crippen molar-refractivity contribution in [2.24, 2.45) is 0 Å². The highest BCUT2D eigenvalue weighted by atomic mass is 16.1. The van der Waals surface area contributed by atoms with Crippen LogP contribution in [0.3, 0.4) is 0 Å². The molecular formula is C19H19N3O2. The molecule has 0 heterocycles. The van der Waals surface area contributed by atoms with Crippen LogP contribution in [-0.4, -0.2) is 25.3 Å². The number of carbonyl (C=O) groups is 2. The van der Waals surface area contributed by atoms with Crippen LogP contribution in [0.15, 0.2) is 42.5 Å². The first-order chi connectivity index (χ1) is 11.5. The van der Waals surface area contributed by atoms with Gasteiger partial charge in [0.25, 0.3) is 5.91 Å². The zero-order valence-electron chi connectivity index (χ0n) is 13.7. The molecule has 0 bridgehead atoms. The third kappa shape index (κ3) is 4.20. The van der Waals surface area contributed by atoms with Gasteiger partial charge in [0.1, 0.15) is 6.07 Å². The SMILES string of the molecule is CNC(=O)c1cccc(CCNc2cc(C(C)=O)ccc2C#N)c1. The Labute approximate surface area is 141 Å². The highest BCUT2D eigenvalue weighted by molar-refractivity contribution is 5.95. The predicted molar refractivity (Wildman–Crippen MR) is 93.2 cm³/mol. The van der Waals surface area contributed by atoms with Crippen LogP contribution in [0.1, 0.15) is 38.8 Å². The van der Waals surface area contributed by atoms with E-state index in [4.69, 9.17) is 5.26 Å². The molecule has 122 valence electrons. The maximum Gasteiger partial charge on any atom is 0.251 e. The van der Waals surface area contributed by atoms with E-state index in [0.717, 1.165) is 5.56 Å². The Morgan fingerprint density at radius 2 is 1.92 bits per heavy atom. The third-order valence-corrected chi connectivity index (χ3v) is 3.69. The number of nitriles is 1. The van der Waals surface area contributed by atoms with Crippen molar-refractivity contribution in [2.75, 3.05) is 18.9 Å². The molecule has 0 atom stereocenters. The maximum absolute atomic E-state index is 11.7. The topological polar surface area (TPSA) is 82.0 Å². The summed E-state index contributed by atoms with van der Waals surface area (Å²) in [6, 6.07) is 14.5. The molecule has 0 fully saturated rings. The molecular weight excluding hydrogens is 302 g/mol. The summed E-state index contributed by atoms with van der Waals surface area (Å²) in [5, 5.41) is 15.0. The number of benzene rings is 2. The van der Waals surface area contributed by atoms with E-state index in [9.17, 15) is 9.59 Å². The molecule has 0 aromatic heterocycles. The Morgan fingerprint density at radius 1 is 1.12 bits per heavy atom. The van der Waals surface area contributed by atoms with Gasteiger partial charge in [-0.15, -0.1) is 0 Å².